The molecule has 1 aromatic carbocycles. The van der Waals surface area contributed by atoms with E-state index >= 15 is 0 Å². The van der Waals surface area contributed by atoms with Crippen LogP contribution in [0.3, 0.4) is 0 Å². The fourth-order valence-electron chi connectivity index (χ4n) is 2.22. The van der Waals surface area contributed by atoms with Gasteiger partial charge in [0, 0.05) is 17.7 Å². The van der Waals surface area contributed by atoms with Gasteiger partial charge in [0.25, 0.3) is 5.91 Å². The Morgan fingerprint density at radius 1 is 1.53 bits per heavy atom. The van der Waals surface area contributed by atoms with E-state index in [0.717, 1.165) is 12.8 Å². The first-order valence-electron chi connectivity index (χ1n) is 6.28. The van der Waals surface area contributed by atoms with E-state index in [1.54, 1.807) is 18.2 Å². The third-order valence-electron chi connectivity index (χ3n) is 3.20. The van der Waals surface area contributed by atoms with Crippen molar-refractivity contribution >= 4 is 23.2 Å². The van der Waals surface area contributed by atoms with Gasteiger partial charge in [-0.3, -0.25) is 10.6 Å². The molecule has 2 unspecified atom stereocenters. The predicted molar refractivity (Wildman–Crippen MR) is 75.2 cm³/mol. The summed E-state index contributed by atoms with van der Waals surface area (Å²) in [6, 6.07) is 5.10. The molecule has 2 rings (SSSR count). The van der Waals surface area contributed by atoms with Gasteiger partial charge in [-0.05, 0) is 38.0 Å². The quantitative estimate of drug-likeness (QED) is 0.585. The minimum atomic E-state index is -0.172. The van der Waals surface area contributed by atoms with Crippen molar-refractivity contribution in [1.82, 2.24) is 5.32 Å². The lowest BCUT2D eigenvalue weighted by Crippen LogP contribution is -2.41. The molecule has 19 heavy (non-hydrogen) atoms. The first kappa shape index (κ1) is 14.1. The largest absolute Gasteiger partial charge is 0.378 e. The summed E-state index contributed by atoms with van der Waals surface area (Å²) in [6.07, 6.45) is 1.81. The summed E-state index contributed by atoms with van der Waals surface area (Å²) in [6.45, 7) is 2.67. The Hall–Kier alpha value is -1.30. The highest BCUT2D eigenvalue weighted by Crippen LogP contribution is 2.21. The number of carbonyl (C=O) groups excluding carboxylic acids is 1. The van der Waals surface area contributed by atoms with Crippen molar-refractivity contribution in [2.75, 3.05) is 12.0 Å². The van der Waals surface area contributed by atoms with Gasteiger partial charge in [0.2, 0.25) is 0 Å². The van der Waals surface area contributed by atoms with Crippen molar-refractivity contribution in [3.63, 3.8) is 0 Å². The average Bonchev–Trinajstić information content (AvgIpc) is 2.38. The molecule has 1 aliphatic rings. The van der Waals surface area contributed by atoms with Gasteiger partial charge < -0.3 is 15.5 Å². The average molecular weight is 284 g/mol. The van der Waals surface area contributed by atoms with Crippen molar-refractivity contribution in [2.24, 2.45) is 5.84 Å². The minimum absolute atomic E-state index is 0.126. The van der Waals surface area contributed by atoms with Gasteiger partial charge in [-0.15, -0.1) is 0 Å². The molecule has 1 saturated heterocycles. The number of nitrogens with two attached hydrogens (primary N) is 1. The Morgan fingerprint density at radius 2 is 2.32 bits per heavy atom. The van der Waals surface area contributed by atoms with Crippen LogP contribution in [0.25, 0.3) is 0 Å². The summed E-state index contributed by atoms with van der Waals surface area (Å²) >= 11 is 5.92. The predicted octanol–water partition coefficient (Wildman–Crippen LogP) is 1.92. The molecule has 4 N–H and O–H groups in total. The van der Waals surface area contributed by atoms with E-state index in [2.05, 4.69) is 10.7 Å². The molecule has 1 amide bonds. The van der Waals surface area contributed by atoms with Crippen LogP contribution in [0, 0.1) is 0 Å². The number of hydrazine groups is 1. The van der Waals surface area contributed by atoms with Crippen molar-refractivity contribution in [2.45, 2.75) is 31.9 Å². The van der Waals surface area contributed by atoms with Gasteiger partial charge in [0.1, 0.15) is 0 Å². The number of anilines is 1. The number of nitrogens with one attached hydrogen (secondary N) is 2. The van der Waals surface area contributed by atoms with Gasteiger partial charge in [-0.1, -0.05) is 11.6 Å². The van der Waals surface area contributed by atoms with E-state index < -0.39 is 0 Å². The Morgan fingerprint density at radius 3 is 3.00 bits per heavy atom. The number of nitrogen functional groups attached to an aromatic ring is 1. The standard InChI is InChI=1S/C13H18ClN3O2/c1-8-6-10(4-5-19-8)16-13(18)11-7-9(14)2-3-12(11)17-15/h2-3,7-8,10,17H,4-6,15H2,1H3,(H,16,18). The van der Waals surface area contributed by atoms with Gasteiger partial charge >= 0.3 is 0 Å². The smallest absolute Gasteiger partial charge is 0.253 e. The number of benzene rings is 1. The number of ether oxygens (including phenoxy) is 1. The summed E-state index contributed by atoms with van der Waals surface area (Å²) < 4.78 is 5.45. The molecule has 104 valence electrons. The molecule has 0 aromatic heterocycles. The molecular weight excluding hydrogens is 266 g/mol. The van der Waals surface area contributed by atoms with Gasteiger partial charge in [-0.2, -0.15) is 0 Å². The van der Waals surface area contributed by atoms with Crippen molar-refractivity contribution in [3.05, 3.63) is 28.8 Å². The van der Waals surface area contributed by atoms with Gasteiger partial charge in [-0.25, -0.2) is 0 Å². The third kappa shape index (κ3) is 3.59. The first-order chi connectivity index (χ1) is 9.10. The maximum Gasteiger partial charge on any atom is 0.253 e. The van der Waals surface area contributed by atoms with Crippen LogP contribution >= 0.6 is 11.6 Å². The van der Waals surface area contributed by atoms with Crippen LogP contribution in [-0.4, -0.2) is 24.7 Å². The molecule has 1 aromatic rings. The third-order valence-corrected chi connectivity index (χ3v) is 3.44. The molecular formula is C13H18ClN3O2. The number of amides is 1. The lowest BCUT2D eigenvalue weighted by molar-refractivity contribution is 0.0137. The summed E-state index contributed by atoms with van der Waals surface area (Å²) in [7, 11) is 0. The van der Waals surface area contributed by atoms with Crippen LogP contribution in [0.4, 0.5) is 5.69 Å². The Labute approximate surface area is 117 Å². The molecule has 0 aliphatic carbocycles. The lowest BCUT2D eigenvalue weighted by atomic mass is 10.0. The first-order valence-corrected chi connectivity index (χ1v) is 6.66. The second-order valence-electron chi connectivity index (χ2n) is 4.71. The van der Waals surface area contributed by atoms with Crippen molar-refractivity contribution < 1.29 is 9.53 Å². The molecule has 1 aliphatic heterocycles. The summed E-state index contributed by atoms with van der Waals surface area (Å²) in [5.74, 6) is 5.23. The monoisotopic (exact) mass is 283 g/mol. The molecule has 0 radical (unpaired) electrons. The maximum atomic E-state index is 12.2. The zero-order chi connectivity index (χ0) is 13.8. The second kappa shape index (κ2) is 6.23. The summed E-state index contributed by atoms with van der Waals surface area (Å²) in [5.41, 5.74) is 3.52. The zero-order valence-corrected chi connectivity index (χ0v) is 11.5. The number of rotatable bonds is 3. The van der Waals surface area contributed by atoms with Crippen LogP contribution in [0.2, 0.25) is 5.02 Å². The number of hydrogen-bond acceptors (Lipinski definition) is 4. The lowest BCUT2D eigenvalue weighted by Gasteiger charge is -2.28. The Kier molecular flexibility index (Phi) is 4.63. The minimum Gasteiger partial charge on any atom is -0.378 e. The second-order valence-corrected chi connectivity index (χ2v) is 5.15. The molecule has 1 fully saturated rings. The topological polar surface area (TPSA) is 76.4 Å². The molecule has 0 bridgehead atoms. The number of halogens is 1. The fraction of sp³-hybridized carbons (Fsp3) is 0.462. The molecule has 6 heteroatoms. The molecule has 0 spiro atoms. The Bertz CT molecular complexity index is 467. The van der Waals surface area contributed by atoms with E-state index in [-0.39, 0.29) is 18.1 Å². The normalized spacial score (nSPS) is 22.9. The molecule has 0 saturated carbocycles. The Balaban J connectivity index is 2.09. The van der Waals surface area contributed by atoms with Crippen LogP contribution in [-0.2, 0) is 4.74 Å². The van der Waals surface area contributed by atoms with Crippen molar-refractivity contribution in [1.29, 1.82) is 0 Å². The molecule has 2 atom stereocenters. The molecule has 5 nitrogen and oxygen atoms in total. The van der Waals surface area contributed by atoms with Gasteiger partial charge in [0.05, 0.1) is 17.4 Å². The fourth-order valence-corrected chi connectivity index (χ4v) is 2.39. The maximum absolute atomic E-state index is 12.2. The van der Waals surface area contributed by atoms with Crippen LogP contribution in [0.15, 0.2) is 18.2 Å². The van der Waals surface area contributed by atoms with Crippen LogP contribution < -0.4 is 16.6 Å². The highest BCUT2D eigenvalue weighted by atomic mass is 35.5. The molecule has 1 heterocycles. The van der Waals surface area contributed by atoms with Gasteiger partial charge in [0.15, 0.2) is 0 Å². The van der Waals surface area contributed by atoms with E-state index in [0.29, 0.717) is 22.9 Å². The van der Waals surface area contributed by atoms with Crippen LogP contribution in [0.1, 0.15) is 30.1 Å². The van der Waals surface area contributed by atoms with E-state index in [1.165, 1.54) is 0 Å². The summed E-state index contributed by atoms with van der Waals surface area (Å²) in [5, 5.41) is 3.50. The number of hydrogen-bond donors (Lipinski definition) is 3. The van der Waals surface area contributed by atoms with Crippen molar-refractivity contribution in [3.8, 4) is 0 Å². The highest BCUT2D eigenvalue weighted by molar-refractivity contribution is 6.31. The zero-order valence-electron chi connectivity index (χ0n) is 10.8. The summed E-state index contributed by atoms with van der Waals surface area (Å²) in [4.78, 5) is 12.2. The number of carbonyl (C=O) groups is 1. The van der Waals surface area contributed by atoms with E-state index in [9.17, 15) is 4.79 Å². The van der Waals surface area contributed by atoms with E-state index in [1.807, 2.05) is 6.92 Å². The van der Waals surface area contributed by atoms with E-state index in [4.69, 9.17) is 22.2 Å². The van der Waals surface area contributed by atoms with Crippen LogP contribution in [0.5, 0.6) is 0 Å². The SMILES string of the molecule is CC1CC(NC(=O)c2cc(Cl)ccc2NN)CCO1. The highest BCUT2D eigenvalue weighted by Gasteiger charge is 2.22.